The molecule has 1 rings (SSSR count). The minimum Gasteiger partial charge on any atom is -0.342 e. The minimum absolute atomic E-state index is 0.127. The van der Waals surface area contributed by atoms with Crippen molar-refractivity contribution in [1.82, 2.24) is 9.21 Å². The first-order chi connectivity index (χ1) is 8.90. The molecule has 112 valence electrons. The number of carbonyl (C=O) groups excluding carboxylic acids is 1. The second-order valence-corrected chi connectivity index (χ2v) is 7.29. The standard InChI is InChI=1S/C13H26N2O3S/c1-4-6-8-14(9-7-5-2)13(16)12-10-15(11-12)19(3,17)18/h12H,4-11H2,1-3H3. The Morgan fingerprint density at radius 1 is 1.16 bits per heavy atom. The lowest BCUT2D eigenvalue weighted by Crippen LogP contribution is -2.56. The molecule has 6 heteroatoms. The van der Waals surface area contributed by atoms with E-state index in [0.29, 0.717) is 13.1 Å². The molecule has 5 nitrogen and oxygen atoms in total. The highest BCUT2D eigenvalue weighted by molar-refractivity contribution is 7.88. The Morgan fingerprint density at radius 2 is 1.63 bits per heavy atom. The zero-order chi connectivity index (χ0) is 14.5. The average Bonchev–Trinajstić information content (AvgIpc) is 2.25. The maximum atomic E-state index is 12.3. The topological polar surface area (TPSA) is 57.7 Å². The fraction of sp³-hybridized carbons (Fsp3) is 0.923. The van der Waals surface area contributed by atoms with Gasteiger partial charge in [0.25, 0.3) is 0 Å². The second-order valence-electron chi connectivity index (χ2n) is 5.31. The summed E-state index contributed by atoms with van der Waals surface area (Å²) in [7, 11) is -3.13. The van der Waals surface area contributed by atoms with Gasteiger partial charge in [0.05, 0.1) is 12.2 Å². The second kappa shape index (κ2) is 7.24. The molecular formula is C13H26N2O3S. The van der Waals surface area contributed by atoms with E-state index in [0.717, 1.165) is 38.8 Å². The zero-order valence-electron chi connectivity index (χ0n) is 12.3. The quantitative estimate of drug-likeness (QED) is 0.677. The van der Waals surface area contributed by atoms with Crippen LogP contribution in [0.5, 0.6) is 0 Å². The van der Waals surface area contributed by atoms with Crippen molar-refractivity contribution < 1.29 is 13.2 Å². The highest BCUT2D eigenvalue weighted by Gasteiger charge is 2.39. The molecule has 0 aliphatic carbocycles. The molecule has 1 aliphatic rings. The van der Waals surface area contributed by atoms with Gasteiger partial charge in [0.1, 0.15) is 0 Å². The number of rotatable bonds is 8. The molecule has 1 fully saturated rings. The first-order valence-corrected chi connectivity index (χ1v) is 8.98. The van der Waals surface area contributed by atoms with E-state index in [-0.39, 0.29) is 11.8 Å². The van der Waals surface area contributed by atoms with E-state index < -0.39 is 10.0 Å². The third kappa shape index (κ3) is 4.76. The van der Waals surface area contributed by atoms with Gasteiger partial charge in [0.2, 0.25) is 15.9 Å². The van der Waals surface area contributed by atoms with E-state index in [9.17, 15) is 13.2 Å². The predicted octanol–water partition coefficient (Wildman–Crippen LogP) is 1.31. The number of nitrogens with zero attached hydrogens (tertiary/aromatic N) is 2. The number of sulfonamides is 1. The van der Waals surface area contributed by atoms with Crippen molar-refractivity contribution in [3.63, 3.8) is 0 Å². The lowest BCUT2D eigenvalue weighted by atomic mass is 10.0. The van der Waals surface area contributed by atoms with E-state index in [4.69, 9.17) is 0 Å². The fourth-order valence-corrected chi connectivity index (χ4v) is 3.05. The molecular weight excluding hydrogens is 264 g/mol. The van der Waals surface area contributed by atoms with Gasteiger partial charge in [0, 0.05) is 26.2 Å². The van der Waals surface area contributed by atoms with Crippen molar-refractivity contribution >= 4 is 15.9 Å². The molecule has 0 spiro atoms. The van der Waals surface area contributed by atoms with Crippen molar-refractivity contribution in [3.8, 4) is 0 Å². The van der Waals surface area contributed by atoms with Crippen molar-refractivity contribution in [3.05, 3.63) is 0 Å². The van der Waals surface area contributed by atoms with Gasteiger partial charge in [0.15, 0.2) is 0 Å². The lowest BCUT2D eigenvalue weighted by Gasteiger charge is -2.39. The third-order valence-corrected chi connectivity index (χ3v) is 4.78. The van der Waals surface area contributed by atoms with Gasteiger partial charge in [-0.1, -0.05) is 26.7 Å². The smallest absolute Gasteiger partial charge is 0.228 e. The molecule has 0 aromatic heterocycles. The summed E-state index contributed by atoms with van der Waals surface area (Å²) in [4.78, 5) is 14.2. The summed E-state index contributed by atoms with van der Waals surface area (Å²) in [6.07, 6.45) is 5.35. The Balaban J connectivity index is 2.49. The van der Waals surface area contributed by atoms with Crippen LogP contribution in [0.4, 0.5) is 0 Å². The van der Waals surface area contributed by atoms with E-state index >= 15 is 0 Å². The molecule has 1 amide bonds. The normalized spacial score (nSPS) is 17.2. The van der Waals surface area contributed by atoms with Crippen LogP contribution in [0, 0.1) is 5.92 Å². The van der Waals surface area contributed by atoms with Crippen LogP contribution >= 0.6 is 0 Å². The molecule has 0 N–H and O–H groups in total. The van der Waals surface area contributed by atoms with Crippen molar-refractivity contribution in [2.45, 2.75) is 39.5 Å². The van der Waals surface area contributed by atoms with E-state index in [1.54, 1.807) is 0 Å². The zero-order valence-corrected chi connectivity index (χ0v) is 13.1. The number of hydrogen-bond donors (Lipinski definition) is 0. The molecule has 1 heterocycles. The van der Waals surface area contributed by atoms with Crippen molar-refractivity contribution in [1.29, 1.82) is 0 Å². The van der Waals surface area contributed by atoms with E-state index in [1.807, 2.05) is 4.90 Å². The summed E-state index contributed by atoms with van der Waals surface area (Å²) in [6, 6.07) is 0. The van der Waals surface area contributed by atoms with Crippen LogP contribution in [0.3, 0.4) is 0 Å². The average molecular weight is 290 g/mol. The summed E-state index contributed by atoms with van der Waals surface area (Å²) >= 11 is 0. The van der Waals surface area contributed by atoms with Gasteiger partial charge in [-0.15, -0.1) is 0 Å². The first-order valence-electron chi connectivity index (χ1n) is 7.14. The first kappa shape index (κ1) is 16.4. The number of amides is 1. The van der Waals surface area contributed by atoms with Crippen LogP contribution < -0.4 is 0 Å². The summed E-state index contributed by atoms with van der Waals surface area (Å²) < 4.78 is 24.0. The number of carbonyl (C=O) groups is 1. The van der Waals surface area contributed by atoms with Crippen LogP contribution in [-0.4, -0.2) is 56.0 Å². The molecule has 19 heavy (non-hydrogen) atoms. The third-order valence-electron chi connectivity index (χ3n) is 3.54. The Bertz CT molecular complexity index is 381. The Morgan fingerprint density at radius 3 is 2.00 bits per heavy atom. The summed E-state index contributed by atoms with van der Waals surface area (Å²) in [5.41, 5.74) is 0. The van der Waals surface area contributed by atoms with Gasteiger partial charge < -0.3 is 4.90 Å². The van der Waals surface area contributed by atoms with Crippen molar-refractivity contribution in [2.24, 2.45) is 5.92 Å². The van der Waals surface area contributed by atoms with Crippen molar-refractivity contribution in [2.75, 3.05) is 32.4 Å². The Labute approximate surface area is 117 Å². The van der Waals surface area contributed by atoms with Gasteiger partial charge in [-0.05, 0) is 12.8 Å². The van der Waals surface area contributed by atoms with Crippen LogP contribution in [0.2, 0.25) is 0 Å². The molecule has 1 aliphatic heterocycles. The fourth-order valence-electron chi connectivity index (χ4n) is 2.15. The predicted molar refractivity (Wildman–Crippen MR) is 76.3 cm³/mol. The lowest BCUT2D eigenvalue weighted by molar-refractivity contribution is -0.139. The van der Waals surface area contributed by atoms with Crippen LogP contribution in [-0.2, 0) is 14.8 Å². The summed E-state index contributed by atoms with van der Waals surface area (Å²) in [5, 5.41) is 0. The molecule has 0 saturated carbocycles. The maximum absolute atomic E-state index is 12.3. The Hall–Kier alpha value is -0.620. The monoisotopic (exact) mass is 290 g/mol. The van der Waals surface area contributed by atoms with Crippen LogP contribution in [0.25, 0.3) is 0 Å². The van der Waals surface area contributed by atoms with Gasteiger partial charge in [-0.3, -0.25) is 4.79 Å². The minimum atomic E-state index is -3.13. The van der Waals surface area contributed by atoms with E-state index in [2.05, 4.69) is 13.8 Å². The SMILES string of the molecule is CCCCN(CCCC)C(=O)C1CN(S(C)(=O)=O)C1. The highest BCUT2D eigenvalue weighted by Crippen LogP contribution is 2.21. The summed E-state index contributed by atoms with van der Waals surface area (Å²) in [6.45, 7) is 6.52. The molecule has 0 radical (unpaired) electrons. The maximum Gasteiger partial charge on any atom is 0.228 e. The molecule has 0 unspecified atom stereocenters. The number of hydrogen-bond acceptors (Lipinski definition) is 3. The largest absolute Gasteiger partial charge is 0.342 e. The Kier molecular flexibility index (Phi) is 6.26. The van der Waals surface area contributed by atoms with E-state index in [1.165, 1.54) is 10.6 Å². The van der Waals surface area contributed by atoms with Gasteiger partial charge >= 0.3 is 0 Å². The molecule has 0 aromatic rings. The molecule has 0 bridgehead atoms. The van der Waals surface area contributed by atoms with Crippen LogP contribution in [0.15, 0.2) is 0 Å². The van der Waals surface area contributed by atoms with Gasteiger partial charge in [-0.2, -0.15) is 0 Å². The van der Waals surface area contributed by atoms with Gasteiger partial charge in [-0.25, -0.2) is 12.7 Å². The molecule has 1 saturated heterocycles. The number of unbranched alkanes of at least 4 members (excludes halogenated alkanes) is 2. The molecule has 0 atom stereocenters. The molecule has 0 aromatic carbocycles. The highest BCUT2D eigenvalue weighted by atomic mass is 32.2. The van der Waals surface area contributed by atoms with Crippen LogP contribution in [0.1, 0.15) is 39.5 Å². The summed E-state index contributed by atoms with van der Waals surface area (Å²) in [5.74, 6) is -0.00904.